The van der Waals surface area contributed by atoms with Crippen molar-refractivity contribution in [2.24, 2.45) is 0 Å². The Kier molecular flexibility index (Phi) is 5.34. The third-order valence-electron chi connectivity index (χ3n) is 6.07. The number of hydrogen-bond donors (Lipinski definition) is 2. The van der Waals surface area contributed by atoms with E-state index in [0.717, 1.165) is 27.7 Å². The highest BCUT2D eigenvalue weighted by Gasteiger charge is 2.36. The Morgan fingerprint density at radius 1 is 0.676 bits per heavy atom. The largest absolute Gasteiger partial charge is 0.508 e. The van der Waals surface area contributed by atoms with Gasteiger partial charge in [0.25, 0.3) is 11.8 Å². The highest BCUT2D eigenvalue weighted by molar-refractivity contribution is 6.34. The van der Waals surface area contributed by atoms with Gasteiger partial charge < -0.3 is 10.2 Å². The average Bonchev–Trinajstić information content (AvgIpc) is 3.08. The van der Waals surface area contributed by atoms with Crippen LogP contribution in [0.1, 0.15) is 43.3 Å². The van der Waals surface area contributed by atoms with Crippen molar-refractivity contribution >= 4 is 17.5 Å². The van der Waals surface area contributed by atoms with Crippen molar-refractivity contribution in [1.29, 1.82) is 0 Å². The molecule has 2 amide bonds. The number of phenolic OH excluding ortho intramolecular Hbond substituents is 2. The Morgan fingerprint density at radius 2 is 1.21 bits per heavy atom. The Balaban J connectivity index is 1.43. The third-order valence-corrected chi connectivity index (χ3v) is 6.07. The monoisotopic (exact) mass is 453 g/mol. The summed E-state index contributed by atoms with van der Waals surface area (Å²) in [6.07, 6.45) is 0.614. The molecule has 0 aromatic heterocycles. The first-order valence-electron chi connectivity index (χ1n) is 10.8. The second-order valence-corrected chi connectivity index (χ2v) is 8.24. The van der Waals surface area contributed by atoms with E-state index in [9.17, 15) is 24.2 Å². The molecule has 0 aliphatic carbocycles. The summed E-state index contributed by atoms with van der Waals surface area (Å²) in [5.41, 5.74) is 3.63. The van der Waals surface area contributed by atoms with E-state index in [4.69, 9.17) is 0 Å². The van der Waals surface area contributed by atoms with Crippen LogP contribution in [0, 0.1) is 5.82 Å². The molecule has 168 valence electrons. The summed E-state index contributed by atoms with van der Waals surface area (Å²) < 4.78 is 13.6. The molecule has 4 aromatic carbocycles. The SMILES string of the molecule is O=C1c2ccc(F)cc2C(=O)N1c1ccc(CC(c2ccc(O)cc2)c2ccc(O)cc2)cc1. The van der Waals surface area contributed by atoms with Crippen LogP contribution in [0.3, 0.4) is 0 Å². The molecule has 5 nitrogen and oxygen atoms in total. The maximum Gasteiger partial charge on any atom is 0.266 e. The van der Waals surface area contributed by atoms with E-state index in [1.54, 1.807) is 36.4 Å². The number of rotatable bonds is 5. The van der Waals surface area contributed by atoms with Gasteiger partial charge in [0.05, 0.1) is 16.8 Å². The summed E-state index contributed by atoms with van der Waals surface area (Å²) in [5, 5.41) is 19.4. The molecule has 2 N–H and O–H groups in total. The fraction of sp³-hybridized carbons (Fsp3) is 0.0714. The third kappa shape index (κ3) is 3.90. The number of nitrogens with zero attached hydrogens (tertiary/aromatic N) is 1. The van der Waals surface area contributed by atoms with Crippen molar-refractivity contribution in [3.05, 3.63) is 125 Å². The number of amides is 2. The number of carbonyl (C=O) groups excluding carboxylic acids is 2. The number of halogens is 1. The minimum absolute atomic E-state index is 0.0469. The van der Waals surface area contributed by atoms with Crippen molar-refractivity contribution in [3.8, 4) is 11.5 Å². The second-order valence-electron chi connectivity index (χ2n) is 8.24. The summed E-state index contributed by atoms with van der Waals surface area (Å²) in [4.78, 5) is 26.6. The van der Waals surface area contributed by atoms with Gasteiger partial charge in [0, 0.05) is 5.92 Å². The molecule has 0 bridgehead atoms. The van der Waals surface area contributed by atoms with Crippen molar-refractivity contribution in [2.45, 2.75) is 12.3 Å². The highest BCUT2D eigenvalue weighted by Crippen LogP contribution is 2.33. The Morgan fingerprint density at radius 3 is 1.76 bits per heavy atom. The van der Waals surface area contributed by atoms with Crippen LogP contribution in [0.5, 0.6) is 11.5 Å². The van der Waals surface area contributed by atoms with Gasteiger partial charge >= 0.3 is 0 Å². The van der Waals surface area contributed by atoms with E-state index in [-0.39, 0.29) is 28.5 Å². The molecule has 0 atom stereocenters. The summed E-state index contributed by atoms with van der Waals surface area (Å²) >= 11 is 0. The van der Waals surface area contributed by atoms with Gasteiger partial charge in [-0.2, -0.15) is 0 Å². The van der Waals surface area contributed by atoms with E-state index >= 15 is 0 Å². The lowest BCUT2D eigenvalue weighted by atomic mass is 9.86. The second kappa shape index (κ2) is 8.48. The molecule has 0 saturated carbocycles. The molecule has 0 saturated heterocycles. The fourth-order valence-corrected chi connectivity index (χ4v) is 4.31. The lowest BCUT2D eigenvalue weighted by Crippen LogP contribution is -2.29. The van der Waals surface area contributed by atoms with Gasteiger partial charge in [-0.05, 0) is 77.7 Å². The van der Waals surface area contributed by atoms with Gasteiger partial charge in [0.1, 0.15) is 17.3 Å². The predicted molar refractivity (Wildman–Crippen MR) is 126 cm³/mol. The molecule has 5 rings (SSSR count). The predicted octanol–water partition coefficient (Wildman–Crippen LogP) is 5.41. The van der Waals surface area contributed by atoms with Crippen LogP contribution in [0.15, 0.2) is 91.0 Å². The van der Waals surface area contributed by atoms with Gasteiger partial charge in [-0.25, -0.2) is 9.29 Å². The zero-order valence-corrected chi connectivity index (χ0v) is 18.0. The van der Waals surface area contributed by atoms with Crippen molar-refractivity contribution in [3.63, 3.8) is 0 Å². The molecule has 1 aliphatic heterocycles. The molecule has 0 unspecified atom stereocenters. The zero-order chi connectivity index (χ0) is 23.8. The minimum atomic E-state index is -0.563. The van der Waals surface area contributed by atoms with Crippen LogP contribution in [-0.4, -0.2) is 22.0 Å². The van der Waals surface area contributed by atoms with Gasteiger partial charge in [-0.15, -0.1) is 0 Å². The number of anilines is 1. The molecule has 4 aromatic rings. The zero-order valence-electron chi connectivity index (χ0n) is 18.0. The minimum Gasteiger partial charge on any atom is -0.508 e. The molecule has 34 heavy (non-hydrogen) atoms. The normalized spacial score (nSPS) is 12.9. The van der Waals surface area contributed by atoms with E-state index in [1.165, 1.54) is 12.1 Å². The van der Waals surface area contributed by atoms with Gasteiger partial charge in [0.2, 0.25) is 0 Å². The number of fused-ring (bicyclic) bond motifs is 1. The molecule has 1 heterocycles. The number of phenols is 2. The molecule has 6 heteroatoms. The summed E-state index contributed by atoms with van der Waals surface area (Å²) in [5.74, 6) is -1.27. The van der Waals surface area contributed by atoms with Crippen molar-refractivity contribution in [2.75, 3.05) is 4.90 Å². The Hall–Kier alpha value is -4.45. The van der Waals surface area contributed by atoms with Crippen LogP contribution in [-0.2, 0) is 6.42 Å². The number of aromatic hydroxyl groups is 2. The van der Waals surface area contributed by atoms with Gasteiger partial charge in [-0.3, -0.25) is 9.59 Å². The summed E-state index contributed by atoms with van der Waals surface area (Å²) in [6.45, 7) is 0. The van der Waals surface area contributed by atoms with Gasteiger partial charge in [-0.1, -0.05) is 36.4 Å². The van der Waals surface area contributed by atoms with Crippen LogP contribution >= 0.6 is 0 Å². The first-order valence-corrected chi connectivity index (χ1v) is 10.8. The van der Waals surface area contributed by atoms with Gasteiger partial charge in [0.15, 0.2) is 0 Å². The maximum absolute atomic E-state index is 13.6. The van der Waals surface area contributed by atoms with E-state index in [0.29, 0.717) is 12.1 Å². The molecular formula is C28H20FNO4. The maximum atomic E-state index is 13.6. The van der Waals surface area contributed by atoms with E-state index in [2.05, 4.69) is 0 Å². The van der Waals surface area contributed by atoms with Crippen molar-refractivity contribution < 1.29 is 24.2 Å². The first-order chi connectivity index (χ1) is 16.4. The molecule has 0 radical (unpaired) electrons. The fourth-order valence-electron chi connectivity index (χ4n) is 4.31. The average molecular weight is 453 g/mol. The number of benzene rings is 4. The number of imide groups is 1. The summed E-state index contributed by atoms with van der Waals surface area (Å²) in [6, 6.07) is 24.7. The molecule has 1 aliphatic rings. The highest BCUT2D eigenvalue weighted by atomic mass is 19.1. The van der Waals surface area contributed by atoms with Crippen LogP contribution in [0.2, 0.25) is 0 Å². The van der Waals surface area contributed by atoms with Crippen molar-refractivity contribution in [1.82, 2.24) is 0 Å². The first kappa shape index (κ1) is 21.4. The molecule has 0 fully saturated rings. The Bertz CT molecular complexity index is 1330. The lowest BCUT2D eigenvalue weighted by molar-refractivity contribution is 0.0926. The Labute approximate surface area is 195 Å². The molecule has 0 spiro atoms. The summed E-state index contributed by atoms with van der Waals surface area (Å²) in [7, 11) is 0. The number of hydrogen-bond acceptors (Lipinski definition) is 4. The smallest absolute Gasteiger partial charge is 0.266 e. The molecular weight excluding hydrogens is 433 g/mol. The lowest BCUT2D eigenvalue weighted by Gasteiger charge is -2.20. The van der Waals surface area contributed by atoms with E-state index < -0.39 is 17.6 Å². The van der Waals surface area contributed by atoms with Crippen LogP contribution in [0.4, 0.5) is 10.1 Å². The number of carbonyl (C=O) groups is 2. The van der Waals surface area contributed by atoms with Crippen LogP contribution in [0.25, 0.3) is 0 Å². The standard InChI is InChI=1S/C28H20FNO4/c29-20-7-14-24-26(16-20)28(34)30(27(24)33)21-8-1-17(2-9-21)15-25(18-3-10-22(31)11-4-18)19-5-12-23(32)13-6-19/h1-14,16,25,31-32H,15H2. The quantitative estimate of drug-likeness (QED) is 0.396. The van der Waals surface area contributed by atoms with Crippen LogP contribution < -0.4 is 4.90 Å². The topological polar surface area (TPSA) is 77.8 Å². The van der Waals surface area contributed by atoms with E-state index in [1.807, 2.05) is 36.4 Å².